The highest BCUT2D eigenvalue weighted by atomic mass is 19.2. The summed E-state index contributed by atoms with van der Waals surface area (Å²) < 4.78 is 31.4. The van der Waals surface area contributed by atoms with Crippen LogP contribution in [0, 0.1) is 11.6 Å². The second-order valence-electron chi connectivity index (χ2n) is 4.42. The molecule has 0 radical (unpaired) electrons. The van der Waals surface area contributed by atoms with Crippen molar-refractivity contribution in [3.8, 4) is 5.75 Å². The zero-order valence-electron chi connectivity index (χ0n) is 11.6. The monoisotopic (exact) mass is 292 g/mol. The van der Waals surface area contributed by atoms with E-state index in [0.29, 0.717) is 11.4 Å². The van der Waals surface area contributed by atoms with Crippen LogP contribution >= 0.6 is 0 Å². The highest BCUT2D eigenvalue weighted by Crippen LogP contribution is 2.24. The first-order valence-corrected chi connectivity index (χ1v) is 6.10. The SMILES string of the molecule is COc1cccc(N(C)C(=O)c2cc(F)c(F)cc2N)c1. The fraction of sp³-hybridized carbons (Fsp3) is 0.133. The smallest absolute Gasteiger partial charge is 0.260 e. The number of nitrogens with two attached hydrogens (primary N) is 1. The molecule has 0 aliphatic carbocycles. The van der Waals surface area contributed by atoms with E-state index in [1.54, 1.807) is 24.3 Å². The third-order valence-electron chi connectivity index (χ3n) is 3.07. The summed E-state index contributed by atoms with van der Waals surface area (Å²) in [5.74, 6) is -2.18. The lowest BCUT2D eigenvalue weighted by Gasteiger charge is -2.19. The van der Waals surface area contributed by atoms with Crippen molar-refractivity contribution in [3.63, 3.8) is 0 Å². The van der Waals surface area contributed by atoms with E-state index in [1.165, 1.54) is 19.1 Å². The molecular weight excluding hydrogens is 278 g/mol. The molecule has 0 fully saturated rings. The zero-order chi connectivity index (χ0) is 15.6. The standard InChI is InChI=1S/C15H14F2N2O2/c1-19(9-4-3-5-10(6-9)21-2)15(20)11-7-12(16)13(17)8-14(11)18/h3-8H,18H2,1-2H3. The Kier molecular flexibility index (Phi) is 4.07. The molecule has 2 rings (SSSR count). The largest absolute Gasteiger partial charge is 0.497 e. The molecule has 0 heterocycles. The Balaban J connectivity index is 2.37. The molecule has 21 heavy (non-hydrogen) atoms. The van der Waals surface area contributed by atoms with Crippen molar-refractivity contribution in [2.24, 2.45) is 0 Å². The highest BCUT2D eigenvalue weighted by Gasteiger charge is 2.19. The fourth-order valence-corrected chi connectivity index (χ4v) is 1.86. The maximum Gasteiger partial charge on any atom is 0.260 e. The molecule has 0 aromatic heterocycles. The van der Waals surface area contributed by atoms with Gasteiger partial charge >= 0.3 is 0 Å². The minimum atomic E-state index is -1.12. The van der Waals surface area contributed by atoms with Crippen LogP contribution in [0.5, 0.6) is 5.75 Å². The number of anilines is 2. The normalized spacial score (nSPS) is 10.3. The number of amides is 1. The number of rotatable bonds is 3. The van der Waals surface area contributed by atoms with Gasteiger partial charge in [-0.2, -0.15) is 0 Å². The average molecular weight is 292 g/mol. The van der Waals surface area contributed by atoms with Gasteiger partial charge in [-0.25, -0.2) is 8.78 Å². The summed E-state index contributed by atoms with van der Waals surface area (Å²) in [4.78, 5) is 13.6. The van der Waals surface area contributed by atoms with E-state index in [1.807, 2.05) is 0 Å². The second-order valence-corrected chi connectivity index (χ2v) is 4.42. The lowest BCUT2D eigenvalue weighted by atomic mass is 10.1. The van der Waals surface area contributed by atoms with E-state index >= 15 is 0 Å². The predicted molar refractivity (Wildman–Crippen MR) is 76.5 cm³/mol. The Bertz CT molecular complexity index is 689. The Morgan fingerprint density at radius 2 is 1.86 bits per heavy atom. The van der Waals surface area contributed by atoms with E-state index in [9.17, 15) is 13.6 Å². The highest BCUT2D eigenvalue weighted by molar-refractivity contribution is 6.09. The van der Waals surface area contributed by atoms with Crippen molar-refractivity contribution in [3.05, 3.63) is 53.6 Å². The molecule has 0 unspecified atom stereocenters. The Labute approximate surface area is 120 Å². The van der Waals surface area contributed by atoms with Gasteiger partial charge < -0.3 is 15.4 Å². The van der Waals surface area contributed by atoms with Gasteiger partial charge in [-0.3, -0.25) is 4.79 Å². The molecule has 2 aromatic rings. The lowest BCUT2D eigenvalue weighted by molar-refractivity contribution is 0.0993. The quantitative estimate of drug-likeness (QED) is 0.885. The van der Waals surface area contributed by atoms with Crippen molar-refractivity contribution in [2.75, 3.05) is 24.8 Å². The van der Waals surface area contributed by atoms with Crippen LogP contribution in [-0.2, 0) is 0 Å². The molecule has 0 bridgehead atoms. The van der Waals surface area contributed by atoms with Crippen LogP contribution in [0.25, 0.3) is 0 Å². The number of ether oxygens (including phenoxy) is 1. The average Bonchev–Trinajstić information content (AvgIpc) is 2.49. The van der Waals surface area contributed by atoms with Gasteiger partial charge in [0.1, 0.15) is 5.75 Å². The van der Waals surface area contributed by atoms with E-state index in [0.717, 1.165) is 12.1 Å². The van der Waals surface area contributed by atoms with Gasteiger partial charge in [-0.15, -0.1) is 0 Å². The number of halogens is 2. The van der Waals surface area contributed by atoms with Crippen LogP contribution in [0.15, 0.2) is 36.4 Å². The summed E-state index contributed by atoms with van der Waals surface area (Å²) in [6.45, 7) is 0. The van der Waals surface area contributed by atoms with E-state index in [2.05, 4.69) is 0 Å². The Morgan fingerprint density at radius 3 is 2.52 bits per heavy atom. The topological polar surface area (TPSA) is 55.6 Å². The van der Waals surface area contributed by atoms with Crippen molar-refractivity contribution in [1.82, 2.24) is 0 Å². The Hall–Kier alpha value is -2.63. The van der Waals surface area contributed by atoms with Crippen molar-refractivity contribution in [2.45, 2.75) is 0 Å². The molecule has 0 saturated carbocycles. The van der Waals surface area contributed by atoms with Crippen molar-refractivity contribution < 1.29 is 18.3 Å². The van der Waals surface area contributed by atoms with Crippen LogP contribution in [-0.4, -0.2) is 20.1 Å². The summed E-state index contributed by atoms with van der Waals surface area (Å²) in [6, 6.07) is 8.37. The summed E-state index contributed by atoms with van der Waals surface area (Å²) in [6.07, 6.45) is 0. The number of methoxy groups -OCH3 is 1. The van der Waals surface area contributed by atoms with Crippen molar-refractivity contribution >= 4 is 17.3 Å². The summed E-state index contributed by atoms with van der Waals surface area (Å²) in [7, 11) is 3.02. The first-order valence-electron chi connectivity index (χ1n) is 6.10. The molecule has 0 aliphatic heterocycles. The molecule has 0 atom stereocenters. The van der Waals surface area contributed by atoms with Crippen LogP contribution in [0.2, 0.25) is 0 Å². The van der Waals surface area contributed by atoms with E-state index in [-0.39, 0.29) is 11.3 Å². The van der Waals surface area contributed by atoms with Gasteiger partial charge in [0, 0.05) is 30.6 Å². The van der Waals surface area contributed by atoms with Gasteiger partial charge in [-0.1, -0.05) is 6.07 Å². The second kappa shape index (κ2) is 5.78. The maximum atomic E-state index is 13.3. The number of hydrogen-bond acceptors (Lipinski definition) is 3. The molecule has 0 saturated heterocycles. The molecule has 0 spiro atoms. The number of nitrogen functional groups attached to an aromatic ring is 1. The molecule has 6 heteroatoms. The summed E-state index contributed by atoms with van der Waals surface area (Å²) in [5.41, 5.74) is 5.91. The van der Waals surface area contributed by atoms with Crippen LogP contribution in [0.3, 0.4) is 0 Å². The fourth-order valence-electron chi connectivity index (χ4n) is 1.86. The number of nitrogens with zero attached hydrogens (tertiary/aromatic N) is 1. The van der Waals surface area contributed by atoms with Crippen LogP contribution in [0.1, 0.15) is 10.4 Å². The third kappa shape index (κ3) is 2.94. The van der Waals surface area contributed by atoms with Gasteiger partial charge in [-0.05, 0) is 18.2 Å². The number of carbonyl (C=O) groups excluding carboxylic acids is 1. The predicted octanol–water partition coefficient (Wildman–Crippen LogP) is 2.83. The van der Waals surface area contributed by atoms with Gasteiger partial charge in [0.05, 0.1) is 12.7 Å². The maximum absolute atomic E-state index is 13.3. The molecule has 0 aliphatic rings. The Morgan fingerprint density at radius 1 is 1.19 bits per heavy atom. The first-order chi connectivity index (χ1) is 9.93. The van der Waals surface area contributed by atoms with Gasteiger partial charge in [0.15, 0.2) is 11.6 Å². The van der Waals surface area contributed by atoms with Crippen LogP contribution in [0.4, 0.5) is 20.2 Å². The first kappa shape index (κ1) is 14.8. The molecule has 2 N–H and O–H groups in total. The number of carbonyl (C=O) groups is 1. The van der Waals surface area contributed by atoms with E-state index in [4.69, 9.17) is 10.5 Å². The molecule has 4 nitrogen and oxygen atoms in total. The number of hydrogen-bond donors (Lipinski definition) is 1. The van der Waals surface area contributed by atoms with Gasteiger partial charge in [0.2, 0.25) is 0 Å². The molecule has 2 aromatic carbocycles. The van der Waals surface area contributed by atoms with Crippen molar-refractivity contribution in [1.29, 1.82) is 0 Å². The number of benzene rings is 2. The third-order valence-corrected chi connectivity index (χ3v) is 3.07. The van der Waals surface area contributed by atoms with Gasteiger partial charge in [0.25, 0.3) is 5.91 Å². The summed E-state index contributed by atoms with van der Waals surface area (Å²) in [5, 5.41) is 0. The molecule has 1 amide bonds. The van der Waals surface area contributed by atoms with E-state index < -0.39 is 17.5 Å². The molecule has 110 valence electrons. The lowest BCUT2D eigenvalue weighted by Crippen LogP contribution is -2.27. The molecular formula is C15H14F2N2O2. The minimum absolute atomic E-state index is 0.0979. The van der Waals surface area contributed by atoms with Crippen LogP contribution < -0.4 is 15.4 Å². The summed E-state index contributed by atoms with van der Waals surface area (Å²) >= 11 is 0. The minimum Gasteiger partial charge on any atom is -0.497 e. The zero-order valence-corrected chi connectivity index (χ0v) is 11.6.